The van der Waals surface area contributed by atoms with Crippen LogP contribution < -0.4 is 11.5 Å². The maximum absolute atomic E-state index is 11.2. The maximum atomic E-state index is 11.2. The zero-order valence-corrected chi connectivity index (χ0v) is 13.0. The van der Waals surface area contributed by atoms with Crippen molar-refractivity contribution in [2.45, 2.75) is 45.3 Å². The molecular formula is C9H24CaN2O3S. The first kappa shape index (κ1) is 19.4. The second-order valence-corrected chi connectivity index (χ2v) is 5.25. The van der Waals surface area contributed by atoms with Gasteiger partial charge in [-0.1, -0.05) is 13.3 Å². The van der Waals surface area contributed by atoms with Crippen LogP contribution in [0.15, 0.2) is 0 Å². The molecule has 0 aromatic carbocycles. The number of hydrogen-bond acceptors (Lipinski definition) is 5. The fraction of sp³-hybridized carbons (Fsp3) is 1.00. The van der Waals surface area contributed by atoms with E-state index in [0.717, 1.165) is 19.3 Å². The molecule has 0 aromatic heterocycles. The van der Waals surface area contributed by atoms with Gasteiger partial charge in [0.05, 0.1) is 5.75 Å². The Balaban J connectivity index is -0.000000327. The summed E-state index contributed by atoms with van der Waals surface area (Å²) >= 11 is 0. The van der Waals surface area contributed by atoms with Crippen molar-refractivity contribution in [3.05, 3.63) is 0 Å². The van der Waals surface area contributed by atoms with Crippen molar-refractivity contribution in [3.63, 3.8) is 0 Å². The molecule has 1 atom stereocenters. The Hall–Kier alpha value is 1.09. The topological polar surface area (TPSA) is 95.4 Å². The minimum Gasteiger partial charge on any atom is -1.00 e. The summed E-state index contributed by atoms with van der Waals surface area (Å²) in [7, 11) is -3.42. The van der Waals surface area contributed by atoms with Crippen LogP contribution in [0.25, 0.3) is 0 Å². The van der Waals surface area contributed by atoms with E-state index in [-0.39, 0.29) is 46.3 Å². The molecular weight excluding hydrogens is 256 g/mol. The van der Waals surface area contributed by atoms with Gasteiger partial charge in [0.25, 0.3) is 10.1 Å². The molecule has 0 bridgehead atoms. The Bertz CT molecular complexity index is 256. The summed E-state index contributed by atoms with van der Waals surface area (Å²) in [4.78, 5) is 0. The summed E-state index contributed by atoms with van der Waals surface area (Å²) in [5.74, 6) is 0.0312. The molecule has 0 aliphatic heterocycles. The zero-order chi connectivity index (χ0) is 11.7. The van der Waals surface area contributed by atoms with Gasteiger partial charge in [-0.25, -0.2) is 0 Å². The Morgan fingerprint density at radius 2 is 1.94 bits per heavy atom. The molecule has 0 aliphatic carbocycles. The first-order valence-corrected chi connectivity index (χ1v) is 6.96. The Labute approximate surface area is 131 Å². The minimum atomic E-state index is -3.42. The summed E-state index contributed by atoms with van der Waals surface area (Å²) < 4.78 is 27.2. The van der Waals surface area contributed by atoms with Crippen LogP contribution in [-0.2, 0) is 14.3 Å². The average molecular weight is 280 g/mol. The van der Waals surface area contributed by atoms with Gasteiger partial charge in [-0.3, -0.25) is 4.18 Å². The van der Waals surface area contributed by atoms with Crippen molar-refractivity contribution in [2.75, 3.05) is 12.3 Å². The molecule has 7 heteroatoms. The predicted octanol–water partition coefficient (Wildman–Crippen LogP) is 0.391. The number of hydrogen-bond donors (Lipinski definition) is 2. The third-order valence-corrected chi connectivity index (χ3v) is 3.37. The maximum Gasteiger partial charge on any atom is 2.00 e. The predicted molar refractivity (Wildman–Crippen MR) is 68.6 cm³/mol. The fourth-order valence-electron chi connectivity index (χ4n) is 1.20. The van der Waals surface area contributed by atoms with Gasteiger partial charge in [0, 0.05) is 0 Å². The molecule has 4 N–H and O–H groups in total. The molecule has 0 saturated carbocycles. The molecule has 0 rings (SSSR count). The first-order chi connectivity index (χ1) is 7.02. The summed E-state index contributed by atoms with van der Waals surface area (Å²) in [6, 6.07) is 0. The Morgan fingerprint density at radius 1 is 1.31 bits per heavy atom. The van der Waals surface area contributed by atoms with E-state index in [2.05, 4.69) is 0 Å². The summed E-state index contributed by atoms with van der Waals surface area (Å²) in [6.07, 6.45) is 3.14. The van der Waals surface area contributed by atoms with Crippen molar-refractivity contribution in [3.8, 4) is 0 Å². The number of unbranched alkanes of at least 4 members (excludes halogenated alkanes) is 2. The van der Waals surface area contributed by atoms with Crippen LogP contribution in [0.4, 0.5) is 0 Å². The van der Waals surface area contributed by atoms with E-state index in [0.29, 0.717) is 19.4 Å². The molecule has 0 aromatic rings. The van der Waals surface area contributed by atoms with E-state index in [4.69, 9.17) is 15.7 Å². The standard InChI is InChI=1S/C9H22N2O3S.Ca.2H/c1-2-8-15(12,13)14-9(11)6-4-3-5-7-10;;;/h9H,2-8,10-11H2,1H3;;;/q;+2;2*-1. The first-order valence-electron chi connectivity index (χ1n) is 5.38. The molecule has 16 heavy (non-hydrogen) atoms. The van der Waals surface area contributed by atoms with Crippen molar-refractivity contribution >= 4 is 47.9 Å². The van der Waals surface area contributed by atoms with Gasteiger partial charge in [-0.15, -0.1) is 0 Å². The quantitative estimate of drug-likeness (QED) is 0.276. The SMILES string of the molecule is CCCS(=O)(=O)OC(N)CCCCCN.[Ca+2].[H-].[H-]. The second kappa shape index (κ2) is 11.2. The fourth-order valence-corrected chi connectivity index (χ4v) is 2.27. The van der Waals surface area contributed by atoms with E-state index in [1.807, 2.05) is 0 Å². The number of rotatable bonds is 9. The molecule has 0 radical (unpaired) electrons. The summed E-state index contributed by atoms with van der Waals surface area (Å²) in [5, 5.41) is 0. The molecule has 5 nitrogen and oxygen atoms in total. The van der Waals surface area contributed by atoms with Crippen LogP contribution in [0, 0.1) is 0 Å². The minimum absolute atomic E-state index is 0. The molecule has 0 spiro atoms. The van der Waals surface area contributed by atoms with E-state index in [1.165, 1.54) is 0 Å². The molecule has 0 fully saturated rings. The van der Waals surface area contributed by atoms with Gasteiger partial charge in [0.2, 0.25) is 0 Å². The van der Waals surface area contributed by atoms with E-state index in [1.54, 1.807) is 6.92 Å². The van der Waals surface area contributed by atoms with Crippen LogP contribution in [-0.4, -0.2) is 64.7 Å². The molecule has 1 unspecified atom stereocenters. The summed E-state index contributed by atoms with van der Waals surface area (Å²) in [6.45, 7) is 2.44. The number of nitrogens with two attached hydrogens (primary N) is 2. The van der Waals surface area contributed by atoms with Gasteiger partial charge >= 0.3 is 37.7 Å². The Kier molecular flexibility index (Phi) is 13.6. The molecule has 96 valence electrons. The molecule has 0 aliphatic rings. The monoisotopic (exact) mass is 280 g/mol. The van der Waals surface area contributed by atoms with Gasteiger partial charge in [-0.2, -0.15) is 8.42 Å². The van der Waals surface area contributed by atoms with Gasteiger partial charge in [-0.05, 0) is 32.2 Å². The van der Waals surface area contributed by atoms with Gasteiger partial charge in [0.1, 0.15) is 6.23 Å². The van der Waals surface area contributed by atoms with Crippen molar-refractivity contribution in [2.24, 2.45) is 11.5 Å². The van der Waals surface area contributed by atoms with Crippen molar-refractivity contribution < 1.29 is 15.5 Å². The van der Waals surface area contributed by atoms with Crippen LogP contribution in [0.3, 0.4) is 0 Å². The van der Waals surface area contributed by atoms with E-state index in [9.17, 15) is 8.42 Å². The van der Waals surface area contributed by atoms with Gasteiger partial charge in [0.15, 0.2) is 0 Å². The van der Waals surface area contributed by atoms with Crippen molar-refractivity contribution in [1.82, 2.24) is 0 Å². The van der Waals surface area contributed by atoms with E-state index >= 15 is 0 Å². The van der Waals surface area contributed by atoms with Crippen LogP contribution in [0.2, 0.25) is 0 Å². The largest absolute Gasteiger partial charge is 2.00 e. The average Bonchev–Trinajstić information content (AvgIpc) is 2.11. The third-order valence-electron chi connectivity index (χ3n) is 1.92. The van der Waals surface area contributed by atoms with Crippen molar-refractivity contribution in [1.29, 1.82) is 0 Å². The molecule has 0 amide bonds. The molecule has 0 heterocycles. The van der Waals surface area contributed by atoms with Crippen LogP contribution in [0.1, 0.15) is 41.9 Å². The molecule has 0 saturated heterocycles. The normalized spacial score (nSPS) is 13.2. The second-order valence-electron chi connectivity index (χ2n) is 3.53. The summed E-state index contributed by atoms with van der Waals surface area (Å²) in [5.41, 5.74) is 10.9. The zero-order valence-electron chi connectivity index (χ0n) is 12.0. The van der Waals surface area contributed by atoms with Gasteiger partial charge < -0.3 is 14.3 Å². The third kappa shape index (κ3) is 11.6. The van der Waals surface area contributed by atoms with E-state index < -0.39 is 16.3 Å². The Morgan fingerprint density at radius 3 is 2.44 bits per heavy atom. The smallest absolute Gasteiger partial charge is 1.00 e. The van der Waals surface area contributed by atoms with Crippen LogP contribution in [0.5, 0.6) is 0 Å². The van der Waals surface area contributed by atoms with Crippen LogP contribution >= 0.6 is 0 Å².